The summed E-state index contributed by atoms with van der Waals surface area (Å²) in [5.41, 5.74) is 1.23. The summed E-state index contributed by atoms with van der Waals surface area (Å²) in [6, 6.07) is 0. The molecule has 2 fully saturated rings. The van der Waals surface area contributed by atoms with Crippen molar-refractivity contribution in [3.63, 3.8) is 0 Å². The first-order chi connectivity index (χ1) is 8.88. The predicted molar refractivity (Wildman–Crippen MR) is 74.2 cm³/mol. The Morgan fingerprint density at radius 1 is 1.39 bits per heavy atom. The Hall–Kier alpha value is -0.170. The van der Waals surface area contributed by atoms with Crippen LogP contribution in [-0.2, 0) is 0 Å². The number of piperidine rings is 1. The summed E-state index contributed by atoms with van der Waals surface area (Å²) in [6.45, 7) is 3.95. The lowest BCUT2D eigenvalue weighted by Crippen LogP contribution is -2.25. The summed E-state index contributed by atoms with van der Waals surface area (Å²) >= 11 is 3.10. The van der Waals surface area contributed by atoms with Crippen molar-refractivity contribution in [1.82, 2.24) is 13.6 Å². The zero-order chi connectivity index (χ0) is 12.4. The van der Waals surface area contributed by atoms with E-state index >= 15 is 0 Å². The average Bonchev–Trinajstić information content (AvgIpc) is 2.95. The van der Waals surface area contributed by atoms with Crippen LogP contribution >= 0.6 is 23.5 Å². The van der Waals surface area contributed by atoms with Crippen LogP contribution in [-0.4, -0.2) is 50.7 Å². The SMILES string of the molecule is OCCCSc1nsnc1C1CN2CCCC1C2. The molecule has 3 rings (SSSR count). The number of nitrogens with zero attached hydrogens (tertiary/aromatic N) is 3. The molecule has 4 nitrogen and oxygen atoms in total. The third kappa shape index (κ3) is 2.57. The molecule has 0 amide bonds. The van der Waals surface area contributed by atoms with Crippen molar-refractivity contribution in [3.8, 4) is 0 Å². The second-order valence-corrected chi connectivity index (χ2v) is 6.76. The van der Waals surface area contributed by atoms with E-state index in [2.05, 4.69) is 13.6 Å². The number of hydrogen-bond donors (Lipinski definition) is 1. The van der Waals surface area contributed by atoms with Gasteiger partial charge in [0.2, 0.25) is 0 Å². The summed E-state index contributed by atoms with van der Waals surface area (Å²) in [7, 11) is 0. The van der Waals surface area contributed by atoms with Gasteiger partial charge in [0.15, 0.2) is 0 Å². The van der Waals surface area contributed by atoms with Crippen molar-refractivity contribution in [1.29, 1.82) is 0 Å². The first-order valence-corrected chi connectivity index (χ1v) is 8.38. The number of aliphatic hydroxyl groups is 1. The van der Waals surface area contributed by atoms with Crippen molar-refractivity contribution in [2.75, 3.05) is 32.0 Å². The van der Waals surface area contributed by atoms with Gasteiger partial charge in [0.05, 0.1) is 17.4 Å². The number of aromatic nitrogens is 2. The average molecular weight is 285 g/mol. The van der Waals surface area contributed by atoms with E-state index in [1.165, 1.54) is 49.9 Å². The van der Waals surface area contributed by atoms with Gasteiger partial charge in [-0.25, -0.2) is 0 Å². The van der Waals surface area contributed by atoms with Crippen molar-refractivity contribution < 1.29 is 5.11 Å². The fourth-order valence-corrected chi connectivity index (χ4v) is 4.77. The zero-order valence-electron chi connectivity index (χ0n) is 10.4. The van der Waals surface area contributed by atoms with E-state index in [0.717, 1.165) is 23.1 Å². The molecular formula is C12H19N3OS2. The van der Waals surface area contributed by atoms with Crippen molar-refractivity contribution in [3.05, 3.63) is 5.69 Å². The van der Waals surface area contributed by atoms with E-state index in [1.54, 1.807) is 11.8 Å². The van der Waals surface area contributed by atoms with Crippen LogP contribution in [0.1, 0.15) is 30.9 Å². The molecule has 0 aliphatic carbocycles. The Morgan fingerprint density at radius 3 is 3.17 bits per heavy atom. The van der Waals surface area contributed by atoms with Gasteiger partial charge in [-0.05, 0) is 31.7 Å². The maximum Gasteiger partial charge on any atom is 0.134 e. The highest BCUT2D eigenvalue weighted by Crippen LogP contribution is 2.41. The van der Waals surface area contributed by atoms with Gasteiger partial charge in [-0.3, -0.25) is 0 Å². The molecule has 2 aliphatic heterocycles. The molecule has 100 valence electrons. The van der Waals surface area contributed by atoms with Crippen LogP contribution in [0.3, 0.4) is 0 Å². The first-order valence-electron chi connectivity index (χ1n) is 6.67. The van der Waals surface area contributed by atoms with Gasteiger partial charge in [0, 0.05) is 31.4 Å². The predicted octanol–water partition coefficient (Wildman–Crippen LogP) is 1.82. The minimum Gasteiger partial charge on any atom is -0.396 e. The van der Waals surface area contributed by atoms with Crippen molar-refractivity contribution >= 4 is 23.5 Å². The summed E-state index contributed by atoms with van der Waals surface area (Å²) in [6.07, 6.45) is 3.52. The molecular weight excluding hydrogens is 266 g/mol. The monoisotopic (exact) mass is 285 g/mol. The highest BCUT2D eigenvalue weighted by Gasteiger charge is 2.38. The van der Waals surface area contributed by atoms with Gasteiger partial charge in [0.1, 0.15) is 5.03 Å². The Balaban J connectivity index is 1.70. The molecule has 3 heterocycles. The van der Waals surface area contributed by atoms with Gasteiger partial charge in [-0.15, -0.1) is 11.8 Å². The van der Waals surface area contributed by atoms with E-state index in [4.69, 9.17) is 5.11 Å². The summed E-state index contributed by atoms with van der Waals surface area (Å²) in [4.78, 5) is 2.57. The minimum absolute atomic E-state index is 0.264. The summed E-state index contributed by atoms with van der Waals surface area (Å²) in [5, 5.41) is 9.96. The van der Waals surface area contributed by atoms with Crippen molar-refractivity contribution in [2.24, 2.45) is 5.92 Å². The highest BCUT2D eigenvalue weighted by molar-refractivity contribution is 7.99. The smallest absolute Gasteiger partial charge is 0.134 e. The number of aliphatic hydroxyl groups excluding tert-OH is 1. The Kier molecular flexibility index (Phi) is 4.18. The lowest BCUT2D eigenvalue weighted by molar-refractivity contribution is 0.269. The van der Waals surface area contributed by atoms with Gasteiger partial charge < -0.3 is 10.0 Å². The van der Waals surface area contributed by atoms with Gasteiger partial charge in [-0.1, -0.05) is 0 Å². The van der Waals surface area contributed by atoms with Gasteiger partial charge in [0.25, 0.3) is 0 Å². The van der Waals surface area contributed by atoms with E-state index in [0.29, 0.717) is 5.92 Å². The minimum atomic E-state index is 0.264. The normalized spacial score (nSPS) is 30.8. The molecule has 18 heavy (non-hydrogen) atoms. The Morgan fingerprint density at radius 2 is 2.33 bits per heavy atom. The fraction of sp³-hybridized carbons (Fsp3) is 0.833. The Bertz CT molecular complexity index is 398. The molecule has 2 saturated heterocycles. The topological polar surface area (TPSA) is 49.3 Å². The molecule has 1 aromatic rings. The molecule has 2 bridgehead atoms. The van der Waals surface area contributed by atoms with Crippen LogP contribution in [0.5, 0.6) is 0 Å². The van der Waals surface area contributed by atoms with E-state index in [1.807, 2.05) is 0 Å². The molecule has 6 heteroatoms. The third-order valence-corrected chi connectivity index (χ3v) is 5.67. The summed E-state index contributed by atoms with van der Waals surface area (Å²) < 4.78 is 9.00. The largest absolute Gasteiger partial charge is 0.396 e. The summed E-state index contributed by atoms with van der Waals surface area (Å²) in [5.74, 6) is 2.33. The molecule has 0 saturated carbocycles. The number of hydrogen-bond acceptors (Lipinski definition) is 6. The molecule has 2 aliphatic rings. The lowest BCUT2D eigenvalue weighted by atomic mass is 9.89. The van der Waals surface area contributed by atoms with Crippen LogP contribution in [0.15, 0.2) is 5.03 Å². The zero-order valence-corrected chi connectivity index (χ0v) is 12.0. The second-order valence-electron chi connectivity index (χ2n) is 5.15. The maximum atomic E-state index is 8.85. The third-order valence-electron chi connectivity index (χ3n) is 3.94. The van der Waals surface area contributed by atoms with Gasteiger partial charge >= 0.3 is 0 Å². The maximum absolute atomic E-state index is 8.85. The standard InChI is InChI=1S/C12H19N3OS2/c16-5-2-6-17-12-11(13-18-14-12)10-8-15-4-1-3-9(10)7-15/h9-10,16H,1-8H2. The molecule has 3 unspecified atom stereocenters. The lowest BCUT2D eigenvalue weighted by Gasteiger charge is -2.21. The number of thioether (sulfide) groups is 1. The fourth-order valence-electron chi connectivity index (χ4n) is 3.07. The highest BCUT2D eigenvalue weighted by atomic mass is 32.2. The van der Waals surface area contributed by atoms with Gasteiger partial charge in [-0.2, -0.15) is 8.75 Å². The van der Waals surface area contributed by atoms with E-state index in [9.17, 15) is 0 Å². The molecule has 1 N–H and O–H groups in total. The molecule has 0 radical (unpaired) electrons. The molecule has 0 spiro atoms. The number of rotatable bonds is 5. The quantitative estimate of drug-likeness (QED) is 0.660. The molecule has 1 aromatic heterocycles. The number of fused-ring (bicyclic) bond motifs is 2. The van der Waals surface area contributed by atoms with E-state index < -0.39 is 0 Å². The van der Waals surface area contributed by atoms with Crippen LogP contribution in [0.25, 0.3) is 0 Å². The van der Waals surface area contributed by atoms with Crippen LogP contribution in [0, 0.1) is 5.92 Å². The van der Waals surface area contributed by atoms with Crippen molar-refractivity contribution in [2.45, 2.75) is 30.2 Å². The molecule has 3 atom stereocenters. The first kappa shape index (κ1) is 12.8. The Labute approximate surface area is 116 Å². The second kappa shape index (κ2) is 5.86. The van der Waals surface area contributed by atoms with E-state index in [-0.39, 0.29) is 6.61 Å². The van der Waals surface area contributed by atoms with Crippen LogP contribution in [0.4, 0.5) is 0 Å². The van der Waals surface area contributed by atoms with Crippen LogP contribution in [0.2, 0.25) is 0 Å². The van der Waals surface area contributed by atoms with Crippen LogP contribution < -0.4 is 0 Å². The molecule has 0 aromatic carbocycles.